The number of halogens is 4. The van der Waals surface area contributed by atoms with E-state index >= 15 is 0 Å². The Morgan fingerprint density at radius 2 is 2.02 bits per heavy atom. The predicted octanol–water partition coefficient (Wildman–Crippen LogP) is 3.11. The Morgan fingerprint density at radius 3 is 2.70 bits per heavy atom. The number of allylic oxidation sites excluding steroid dienone is 1. The summed E-state index contributed by atoms with van der Waals surface area (Å²) < 4.78 is 54.6. The Labute approximate surface area is 242 Å². The number of pyridine rings is 1. The number of carbonyl (C=O) groups excluding carboxylic acids is 3. The number of aliphatic imine (C=N–C) groups is 2. The van der Waals surface area contributed by atoms with Gasteiger partial charge in [-0.1, -0.05) is 18.1 Å². The van der Waals surface area contributed by atoms with Crippen molar-refractivity contribution in [1.29, 1.82) is 0 Å². The number of aromatic nitrogens is 3. The molecule has 3 N–H and O–H groups in total. The monoisotopic (exact) mass is 596 g/mol. The summed E-state index contributed by atoms with van der Waals surface area (Å²) >= 11 is 0. The van der Waals surface area contributed by atoms with Crippen molar-refractivity contribution in [2.75, 3.05) is 11.9 Å². The van der Waals surface area contributed by atoms with Gasteiger partial charge in [0.05, 0.1) is 12.1 Å². The van der Waals surface area contributed by atoms with Gasteiger partial charge in [-0.15, -0.1) is 0 Å². The Morgan fingerprint density at radius 1 is 1.26 bits per heavy atom. The van der Waals surface area contributed by atoms with Crippen LogP contribution in [0.5, 0.6) is 0 Å². The van der Waals surface area contributed by atoms with Crippen LogP contribution < -0.4 is 11.1 Å². The fraction of sp³-hybridized carbons (Fsp3) is 0.250. The number of nitrogens with zero attached hydrogens (tertiary/aromatic N) is 6. The summed E-state index contributed by atoms with van der Waals surface area (Å²) in [5, 5.41) is 6.67. The minimum Gasteiger partial charge on any atom is -0.364 e. The Bertz CT molecular complexity index is 1720. The number of hydrogen-bond acceptors (Lipinski definition) is 6. The third-order valence-corrected chi connectivity index (χ3v) is 6.25. The zero-order chi connectivity index (χ0) is 31.3. The van der Waals surface area contributed by atoms with Crippen molar-refractivity contribution in [3.8, 4) is 11.8 Å². The van der Waals surface area contributed by atoms with Gasteiger partial charge in [0.1, 0.15) is 30.3 Å². The van der Waals surface area contributed by atoms with Gasteiger partial charge < -0.3 is 16.0 Å². The van der Waals surface area contributed by atoms with E-state index in [0.717, 1.165) is 23.1 Å². The summed E-state index contributed by atoms with van der Waals surface area (Å²) in [4.78, 5) is 50.4. The van der Waals surface area contributed by atoms with E-state index in [1.807, 2.05) is 0 Å². The number of rotatable bonds is 6. The second-order valence-corrected chi connectivity index (χ2v) is 9.24. The number of hydrogen-bond donors (Lipinski definition) is 2. The van der Waals surface area contributed by atoms with Gasteiger partial charge >= 0.3 is 6.18 Å². The molecule has 1 aliphatic heterocycles. The molecule has 4 rings (SSSR count). The van der Waals surface area contributed by atoms with Crippen molar-refractivity contribution in [2.24, 2.45) is 15.7 Å². The molecule has 3 heterocycles. The molecule has 1 fully saturated rings. The maximum Gasteiger partial charge on any atom is 0.433 e. The average Bonchev–Trinajstić information content (AvgIpc) is 3.53. The van der Waals surface area contributed by atoms with Crippen molar-refractivity contribution < 1.29 is 31.9 Å². The smallest absolute Gasteiger partial charge is 0.364 e. The fourth-order valence-electron chi connectivity index (χ4n) is 4.34. The molecule has 2 aromatic heterocycles. The summed E-state index contributed by atoms with van der Waals surface area (Å²) in [6.07, 6.45) is -3.49. The Kier molecular flexibility index (Phi) is 8.98. The van der Waals surface area contributed by atoms with E-state index in [0.29, 0.717) is 16.5 Å². The lowest BCUT2D eigenvalue weighted by Gasteiger charge is -2.23. The number of nitrogens with one attached hydrogen (secondary N) is 1. The first-order chi connectivity index (χ1) is 20.4. The van der Waals surface area contributed by atoms with Gasteiger partial charge in [0.15, 0.2) is 5.69 Å². The van der Waals surface area contributed by atoms with Gasteiger partial charge in [-0.05, 0) is 49.9 Å². The van der Waals surface area contributed by atoms with E-state index in [1.165, 1.54) is 10.9 Å². The molecule has 0 saturated carbocycles. The third-order valence-electron chi connectivity index (χ3n) is 6.25. The third kappa shape index (κ3) is 7.10. The molecule has 0 aliphatic carbocycles. The van der Waals surface area contributed by atoms with Crippen LogP contribution in [0.4, 0.5) is 23.4 Å². The molecule has 1 aromatic carbocycles. The summed E-state index contributed by atoms with van der Waals surface area (Å²) in [5.74, 6) is 2.85. The Hall–Kier alpha value is -5.39. The van der Waals surface area contributed by atoms with Crippen LogP contribution in [0, 0.1) is 11.8 Å². The van der Waals surface area contributed by atoms with E-state index in [9.17, 15) is 31.9 Å². The van der Waals surface area contributed by atoms with Crippen LogP contribution in [0.15, 0.2) is 58.7 Å². The molecule has 15 heteroatoms. The lowest BCUT2D eigenvalue weighted by Crippen LogP contribution is -2.44. The maximum atomic E-state index is 14.4. The highest BCUT2D eigenvalue weighted by Crippen LogP contribution is 2.29. The maximum absolute atomic E-state index is 14.4. The number of benzene rings is 1. The normalized spacial score (nSPS) is 17.1. The molecule has 0 spiro atoms. The fourth-order valence-corrected chi connectivity index (χ4v) is 4.34. The number of nitrogens with two attached hydrogens (primary N) is 1. The van der Waals surface area contributed by atoms with Crippen LogP contribution in [0.3, 0.4) is 0 Å². The van der Waals surface area contributed by atoms with Crippen LogP contribution >= 0.6 is 0 Å². The topological polar surface area (TPSA) is 148 Å². The van der Waals surface area contributed by atoms with Gasteiger partial charge in [-0.25, -0.2) is 19.4 Å². The highest BCUT2D eigenvalue weighted by Gasteiger charge is 2.40. The lowest BCUT2D eigenvalue weighted by molar-refractivity contribution is -0.141. The second-order valence-electron chi connectivity index (χ2n) is 9.24. The number of alkyl halides is 4. The Balaban J connectivity index is 1.57. The van der Waals surface area contributed by atoms with Crippen LogP contribution in [-0.2, 0) is 22.3 Å². The van der Waals surface area contributed by atoms with E-state index in [1.54, 1.807) is 31.2 Å². The standard InChI is InChI=1S/C28H24F4N8O3/c1-3-11-35-22(34-2)10-8-16-7-9-19-18(12-16)25(26(33)42)38-40(19)15-24(41)39-14-17(29)13-20(39)27(43)37-23-6-4-5-21(36-23)28(30,31)32/h3-7,9,11-12,17,20H,2,13-15H2,1H3,(H2,33,42)(H,36,37,43)/b11-3-,35-22-/t17-,20+/m1/s1. The summed E-state index contributed by atoms with van der Waals surface area (Å²) in [5.41, 5.74) is 4.93. The van der Waals surface area contributed by atoms with Crippen molar-refractivity contribution in [1.82, 2.24) is 19.7 Å². The number of anilines is 1. The van der Waals surface area contributed by atoms with Crippen LogP contribution in [0.25, 0.3) is 10.9 Å². The molecule has 1 aliphatic rings. The molecule has 3 amide bonds. The van der Waals surface area contributed by atoms with Crippen molar-refractivity contribution in [2.45, 2.75) is 38.3 Å². The number of amidine groups is 1. The van der Waals surface area contributed by atoms with Crippen LogP contribution in [0.2, 0.25) is 0 Å². The van der Waals surface area contributed by atoms with E-state index in [-0.39, 0.29) is 18.0 Å². The molecule has 43 heavy (non-hydrogen) atoms. The summed E-state index contributed by atoms with van der Waals surface area (Å²) in [7, 11) is 0. The number of carbonyl (C=O) groups is 3. The second kappa shape index (κ2) is 12.6. The molecular weight excluding hydrogens is 572 g/mol. The molecule has 1 saturated heterocycles. The zero-order valence-corrected chi connectivity index (χ0v) is 22.6. The molecule has 0 unspecified atom stereocenters. The summed E-state index contributed by atoms with van der Waals surface area (Å²) in [6.45, 7) is 4.26. The van der Waals surface area contributed by atoms with E-state index in [2.05, 4.69) is 43.9 Å². The number of likely N-dealkylation sites (tertiary alicyclic amines) is 1. The molecule has 3 aromatic rings. The van der Waals surface area contributed by atoms with Crippen molar-refractivity contribution >= 4 is 47.0 Å². The van der Waals surface area contributed by atoms with E-state index in [4.69, 9.17) is 5.73 Å². The van der Waals surface area contributed by atoms with Gasteiger partial charge in [0, 0.05) is 23.6 Å². The first-order valence-electron chi connectivity index (χ1n) is 12.7. The average molecular weight is 597 g/mol. The van der Waals surface area contributed by atoms with Gasteiger partial charge in [0.25, 0.3) is 5.91 Å². The highest BCUT2D eigenvalue weighted by molar-refractivity contribution is 6.05. The first-order valence-corrected chi connectivity index (χ1v) is 12.7. The molecular formula is C28H24F4N8O3. The largest absolute Gasteiger partial charge is 0.433 e. The number of fused-ring (bicyclic) bond motifs is 1. The van der Waals surface area contributed by atoms with Gasteiger partial charge in [-0.3, -0.25) is 19.1 Å². The zero-order valence-electron chi connectivity index (χ0n) is 22.6. The minimum absolute atomic E-state index is 0.147. The molecule has 0 bridgehead atoms. The first kappa shape index (κ1) is 30.6. The molecule has 11 nitrogen and oxygen atoms in total. The van der Waals surface area contributed by atoms with Gasteiger partial charge in [-0.2, -0.15) is 18.3 Å². The highest BCUT2D eigenvalue weighted by atomic mass is 19.4. The quantitative estimate of drug-likeness (QED) is 0.194. The SMILES string of the molecule is C=N/C(C#Cc1ccc2c(c1)c(C(N)=O)nn2CC(=O)N1C[C@H](F)C[C@H]1C(=O)Nc1cccc(C(F)(F)F)n1)=N\C=C/C. The molecule has 0 radical (unpaired) electrons. The summed E-state index contributed by atoms with van der Waals surface area (Å²) in [6, 6.07) is 6.31. The van der Waals surface area contributed by atoms with Crippen molar-refractivity contribution in [3.63, 3.8) is 0 Å². The van der Waals surface area contributed by atoms with Crippen LogP contribution in [0.1, 0.15) is 35.1 Å². The minimum atomic E-state index is -4.74. The molecule has 2 atom stereocenters. The number of amides is 3. The van der Waals surface area contributed by atoms with Crippen molar-refractivity contribution in [3.05, 3.63) is 65.6 Å². The van der Waals surface area contributed by atoms with Crippen LogP contribution in [-0.4, -0.2) is 68.7 Å². The lowest BCUT2D eigenvalue weighted by atomic mass is 10.1. The predicted molar refractivity (Wildman–Crippen MR) is 150 cm³/mol. The van der Waals surface area contributed by atoms with E-state index < -0.39 is 60.7 Å². The van der Waals surface area contributed by atoms with Gasteiger partial charge in [0.2, 0.25) is 17.6 Å². The molecule has 222 valence electrons. The number of primary amides is 1.